The molecule has 3 heteroatoms. The molecule has 4 aliphatic carbocycles. The van der Waals surface area contributed by atoms with E-state index in [9.17, 15) is 5.11 Å². The lowest BCUT2D eigenvalue weighted by molar-refractivity contribution is -0.212. The molecule has 3 nitrogen and oxygen atoms in total. The van der Waals surface area contributed by atoms with Crippen LogP contribution in [0.1, 0.15) is 90.9 Å². The maximum atomic E-state index is 10.6. The van der Waals surface area contributed by atoms with Crippen LogP contribution in [-0.4, -0.2) is 30.2 Å². The molecule has 5 fully saturated rings. The van der Waals surface area contributed by atoms with Gasteiger partial charge in [-0.25, -0.2) is 0 Å². The van der Waals surface area contributed by atoms with Crippen LogP contribution in [0.25, 0.3) is 0 Å². The average Bonchev–Trinajstić information content (AvgIpc) is 2.98. The van der Waals surface area contributed by atoms with Crippen LogP contribution in [0.3, 0.4) is 0 Å². The molecule has 7 unspecified atom stereocenters. The molecular weight excluding hydrogens is 336 g/mol. The summed E-state index contributed by atoms with van der Waals surface area (Å²) in [5.41, 5.74) is 0.716. The molecule has 1 saturated heterocycles. The molecule has 27 heavy (non-hydrogen) atoms. The minimum Gasteiger partial charge on any atom is -0.393 e. The second kappa shape index (κ2) is 6.99. The van der Waals surface area contributed by atoms with Gasteiger partial charge in [-0.15, -0.1) is 0 Å². The summed E-state index contributed by atoms with van der Waals surface area (Å²) >= 11 is 0. The molecule has 0 aromatic heterocycles. The van der Waals surface area contributed by atoms with E-state index >= 15 is 0 Å². The highest BCUT2D eigenvalue weighted by molar-refractivity contribution is 5.09. The number of hydrogen-bond donors (Lipinski definition) is 1. The lowest BCUT2D eigenvalue weighted by atomic mass is 9.45. The Morgan fingerprint density at radius 2 is 1.67 bits per heavy atom. The summed E-state index contributed by atoms with van der Waals surface area (Å²) in [6, 6.07) is 0. The van der Waals surface area contributed by atoms with Gasteiger partial charge >= 0.3 is 0 Å². The van der Waals surface area contributed by atoms with Gasteiger partial charge in [-0.1, -0.05) is 13.8 Å². The molecule has 0 spiro atoms. The molecular formula is C24H40O3. The maximum absolute atomic E-state index is 10.6. The second-order valence-electron chi connectivity index (χ2n) is 11.1. The first-order valence-electron chi connectivity index (χ1n) is 12.0. The van der Waals surface area contributed by atoms with Crippen LogP contribution in [0.4, 0.5) is 0 Å². The van der Waals surface area contributed by atoms with Gasteiger partial charge in [0, 0.05) is 6.61 Å². The summed E-state index contributed by atoms with van der Waals surface area (Å²) in [5.74, 6) is 3.35. The molecule has 0 aromatic rings. The monoisotopic (exact) mass is 376 g/mol. The number of fused-ring (bicyclic) bond motifs is 5. The lowest BCUT2D eigenvalue weighted by Crippen LogP contribution is -2.54. The summed E-state index contributed by atoms with van der Waals surface area (Å²) in [4.78, 5) is 0. The van der Waals surface area contributed by atoms with Crippen molar-refractivity contribution < 1.29 is 14.6 Å². The zero-order chi connectivity index (χ0) is 18.6. The third kappa shape index (κ3) is 3.02. The quantitative estimate of drug-likeness (QED) is 0.665. The third-order valence-electron chi connectivity index (χ3n) is 10.0. The van der Waals surface area contributed by atoms with Gasteiger partial charge in [-0.05, 0) is 112 Å². The van der Waals surface area contributed by atoms with E-state index in [1.54, 1.807) is 0 Å². The second-order valence-corrected chi connectivity index (χ2v) is 11.1. The van der Waals surface area contributed by atoms with Crippen LogP contribution in [0.5, 0.6) is 0 Å². The zero-order valence-corrected chi connectivity index (χ0v) is 17.5. The Balaban J connectivity index is 1.27. The lowest BCUT2D eigenvalue weighted by Gasteiger charge is -2.61. The number of aliphatic hydroxyl groups is 1. The van der Waals surface area contributed by atoms with E-state index in [1.807, 2.05) is 0 Å². The fourth-order valence-electron chi connectivity index (χ4n) is 8.35. The fraction of sp³-hybridized carbons (Fsp3) is 1.00. The summed E-state index contributed by atoms with van der Waals surface area (Å²) in [6.45, 7) is 5.90. The molecule has 0 bridgehead atoms. The van der Waals surface area contributed by atoms with E-state index in [1.165, 1.54) is 64.2 Å². The Morgan fingerprint density at radius 1 is 0.852 bits per heavy atom. The number of aliphatic hydroxyl groups excluding tert-OH is 1. The van der Waals surface area contributed by atoms with Crippen molar-refractivity contribution >= 4 is 0 Å². The van der Waals surface area contributed by atoms with E-state index in [0.29, 0.717) is 11.5 Å². The predicted octanol–water partition coefficient (Wildman–Crippen LogP) is 5.30. The van der Waals surface area contributed by atoms with E-state index in [-0.39, 0.29) is 17.8 Å². The topological polar surface area (TPSA) is 38.7 Å². The minimum absolute atomic E-state index is 0.0476. The summed E-state index contributed by atoms with van der Waals surface area (Å²) < 4.78 is 12.3. The SMILES string of the molecule is C[C@@]12CCC3C(CCC4CC(OC5CCCCO5)CC[C@]43C)C1CCC2O. The zero-order valence-electron chi connectivity index (χ0n) is 17.5. The van der Waals surface area contributed by atoms with Crippen molar-refractivity contribution in [2.75, 3.05) is 6.61 Å². The van der Waals surface area contributed by atoms with Crippen molar-refractivity contribution in [3.8, 4) is 0 Å². The summed E-state index contributed by atoms with van der Waals surface area (Å²) in [6.07, 6.45) is 15.5. The molecule has 1 N–H and O–H groups in total. The van der Waals surface area contributed by atoms with Crippen molar-refractivity contribution in [2.24, 2.45) is 34.5 Å². The van der Waals surface area contributed by atoms with Crippen molar-refractivity contribution in [1.82, 2.24) is 0 Å². The van der Waals surface area contributed by atoms with Gasteiger partial charge in [0.1, 0.15) is 0 Å². The molecule has 5 aliphatic rings. The van der Waals surface area contributed by atoms with E-state index in [4.69, 9.17) is 9.47 Å². The smallest absolute Gasteiger partial charge is 0.157 e. The van der Waals surface area contributed by atoms with Gasteiger partial charge < -0.3 is 14.6 Å². The Hall–Kier alpha value is -0.120. The van der Waals surface area contributed by atoms with Gasteiger partial charge in [-0.3, -0.25) is 0 Å². The van der Waals surface area contributed by atoms with Crippen molar-refractivity contribution in [2.45, 2.75) is 109 Å². The van der Waals surface area contributed by atoms with Crippen molar-refractivity contribution in [3.63, 3.8) is 0 Å². The van der Waals surface area contributed by atoms with Gasteiger partial charge in [-0.2, -0.15) is 0 Å². The summed E-state index contributed by atoms with van der Waals surface area (Å²) in [5, 5.41) is 10.6. The number of ether oxygens (including phenoxy) is 2. The molecule has 5 rings (SSSR count). The van der Waals surface area contributed by atoms with E-state index in [0.717, 1.165) is 43.1 Å². The van der Waals surface area contributed by atoms with Crippen LogP contribution < -0.4 is 0 Å². The van der Waals surface area contributed by atoms with Crippen LogP contribution in [0, 0.1) is 34.5 Å². The first-order chi connectivity index (χ1) is 13.0. The number of rotatable bonds is 2. The molecule has 4 saturated carbocycles. The van der Waals surface area contributed by atoms with Crippen LogP contribution >= 0.6 is 0 Å². The van der Waals surface area contributed by atoms with Crippen LogP contribution in [-0.2, 0) is 9.47 Å². The standard InChI is InChI=1S/C24H40O3/c1-23-12-10-17(27-22-5-3-4-14-26-22)15-16(23)6-7-18-19-8-9-21(25)24(19,2)13-11-20(18)23/h16-22,25H,3-15H2,1-2H3/t16?,17?,18?,19?,20?,21?,22?,23-,24-/m1/s1. The van der Waals surface area contributed by atoms with Crippen molar-refractivity contribution in [1.29, 1.82) is 0 Å². The molecule has 154 valence electrons. The largest absolute Gasteiger partial charge is 0.393 e. The Labute approximate surface area is 165 Å². The Bertz CT molecular complexity index is 544. The molecule has 1 aliphatic heterocycles. The molecule has 0 aromatic carbocycles. The van der Waals surface area contributed by atoms with E-state index in [2.05, 4.69) is 13.8 Å². The first kappa shape index (κ1) is 18.9. The Kier molecular flexibility index (Phi) is 4.89. The first-order valence-corrected chi connectivity index (χ1v) is 12.0. The molecule has 0 amide bonds. The molecule has 9 atom stereocenters. The third-order valence-corrected chi connectivity index (χ3v) is 10.0. The van der Waals surface area contributed by atoms with Gasteiger partial charge in [0.05, 0.1) is 12.2 Å². The van der Waals surface area contributed by atoms with Crippen molar-refractivity contribution in [3.05, 3.63) is 0 Å². The highest BCUT2D eigenvalue weighted by Gasteiger charge is 2.60. The molecule has 0 radical (unpaired) electrons. The minimum atomic E-state index is -0.0476. The number of hydrogen-bond acceptors (Lipinski definition) is 3. The highest BCUT2D eigenvalue weighted by Crippen LogP contribution is 2.66. The van der Waals surface area contributed by atoms with Gasteiger partial charge in [0.25, 0.3) is 0 Å². The fourth-order valence-corrected chi connectivity index (χ4v) is 8.35. The highest BCUT2D eigenvalue weighted by atomic mass is 16.7. The molecule has 1 heterocycles. The van der Waals surface area contributed by atoms with E-state index < -0.39 is 0 Å². The van der Waals surface area contributed by atoms with Crippen LogP contribution in [0.2, 0.25) is 0 Å². The Morgan fingerprint density at radius 3 is 2.48 bits per heavy atom. The van der Waals surface area contributed by atoms with Gasteiger partial charge in [0.15, 0.2) is 6.29 Å². The predicted molar refractivity (Wildman–Crippen MR) is 106 cm³/mol. The van der Waals surface area contributed by atoms with Gasteiger partial charge in [0.2, 0.25) is 0 Å². The maximum Gasteiger partial charge on any atom is 0.157 e. The van der Waals surface area contributed by atoms with Crippen LogP contribution in [0.15, 0.2) is 0 Å². The summed E-state index contributed by atoms with van der Waals surface area (Å²) in [7, 11) is 0. The average molecular weight is 377 g/mol. The normalized spacial score (nSPS) is 55.4.